The number of halogens is 6. The van der Waals surface area contributed by atoms with Gasteiger partial charge < -0.3 is 4.74 Å². The first-order chi connectivity index (χ1) is 12.5. The second-order valence-electron chi connectivity index (χ2n) is 7.96. The topological polar surface area (TPSA) is 97.7 Å². The summed E-state index contributed by atoms with van der Waals surface area (Å²) in [5, 5.41) is 0. The van der Waals surface area contributed by atoms with Gasteiger partial charge in [-0.2, -0.15) is 34.8 Å². The molecule has 4 fully saturated rings. The van der Waals surface area contributed by atoms with Gasteiger partial charge >= 0.3 is 23.9 Å². The van der Waals surface area contributed by atoms with Crippen LogP contribution < -0.4 is 0 Å². The Hall–Kier alpha value is -1.37. The Morgan fingerprint density at radius 3 is 1.89 bits per heavy atom. The zero-order chi connectivity index (χ0) is 21.3. The summed E-state index contributed by atoms with van der Waals surface area (Å²) < 4.78 is 115. The molecule has 4 bridgehead atoms. The van der Waals surface area contributed by atoms with E-state index in [1.54, 1.807) is 0 Å². The summed E-state index contributed by atoms with van der Waals surface area (Å²) in [7, 11) is -5.83. The van der Waals surface area contributed by atoms with Gasteiger partial charge in [-0.05, 0) is 38.0 Å². The van der Waals surface area contributed by atoms with E-state index in [0.717, 1.165) is 0 Å². The summed E-state index contributed by atoms with van der Waals surface area (Å²) in [6.45, 7) is 0. The highest BCUT2D eigenvalue weighted by Crippen LogP contribution is 2.60. The molecule has 0 heterocycles. The summed E-state index contributed by atoms with van der Waals surface area (Å²) in [5.74, 6) is -6.36. The predicted molar refractivity (Wildman–Crippen MR) is 78.3 cm³/mol. The molecular formula is C15H16F6O6S. The van der Waals surface area contributed by atoms with Crippen LogP contribution in [0.1, 0.15) is 32.1 Å². The second-order valence-corrected chi connectivity index (χ2v) is 9.42. The van der Waals surface area contributed by atoms with Crippen molar-refractivity contribution < 1.29 is 53.6 Å². The highest BCUT2D eigenvalue weighted by atomic mass is 32.2. The van der Waals surface area contributed by atoms with E-state index in [1.165, 1.54) is 0 Å². The normalized spacial score (nSPS) is 33.2. The van der Waals surface area contributed by atoms with E-state index >= 15 is 0 Å². The molecule has 0 aliphatic heterocycles. The zero-order valence-corrected chi connectivity index (χ0v) is 15.0. The van der Waals surface area contributed by atoms with E-state index in [0.29, 0.717) is 12.8 Å². The number of hydrogen-bond donors (Lipinski definition) is 1. The maximum absolute atomic E-state index is 13.4. The summed E-state index contributed by atoms with van der Waals surface area (Å²) in [6, 6.07) is 0. The monoisotopic (exact) mass is 438 g/mol. The van der Waals surface area contributed by atoms with Crippen molar-refractivity contribution in [2.24, 2.45) is 23.2 Å². The van der Waals surface area contributed by atoms with Gasteiger partial charge in [0.2, 0.25) is 0 Å². The van der Waals surface area contributed by atoms with Gasteiger partial charge in [0.15, 0.2) is 0 Å². The number of hydrogen-bond acceptors (Lipinski definition) is 5. The zero-order valence-electron chi connectivity index (χ0n) is 14.1. The number of carbonyl (C=O) groups is 2. The molecule has 2 atom stereocenters. The Morgan fingerprint density at radius 1 is 1.04 bits per heavy atom. The van der Waals surface area contributed by atoms with Crippen LogP contribution in [0.4, 0.5) is 26.3 Å². The summed E-state index contributed by atoms with van der Waals surface area (Å²) >= 11 is 0. The van der Waals surface area contributed by atoms with Gasteiger partial charge in [-0.3, -0.25) is 14.1 Å². The number of Topliss-reactive ketones (excluding diaryl/α,β-unsaturated/α-hetero) is 1. The Morgan fingerprint density at radius 2 is 1.50 bits per heavy atom. The molecule has 4 saturated carbocycles. The lowest BCUT2D eigenvalue weighted by molar-refractivity contribution is -0.364. The molecule has 0 aromatic heterocycles. The van der Waals surface area contributed by atoms with Crippen molar-refractivity contribution in [3.8, 4) is 0 Å². The molecule has 4 aliphatic carbocycles. The number of alkyl halides is 6. The average molecular weight is 438 g/mol. The van der Waals surface area contributed by atoms with Crippen molar-refractivity contribution in [2.75, 3.05) is 5.75 Å². The van der Waals surface area contributed by atoms with Crippen molar-refractivity contribution in [3.63, 3.8) is 0 Å². The molecule has 0 radical (unpaired) electrons. The fourth-order valence-electron chi connectivity index (χ4n) is 4.99. The molecule has 0 aromatic rings. The van der Waals surface area contributed by atoms with E-state index < -0.39 is 57.0 Å². The lowest BCUT2D eigenvalue weighted by Gasteiger charge is -2.54. The highest BCUT2D eigenvalue weighted by molar-refractivity contribution is 7.85. The van der Waals surface area contributed by atoms with E-state index in [-0.39, 0.29) is 31.0 Å². The van der Waals surface area contributed by atoms with Crippen LogP contribution in [0.15, 0.2) is 0 Å². The summed E-state index contributed by atoms with van der Waals surface area (Å²) in [5.41, 5.74) is -7.11. The molecule has 4 aliphatic rings. The van der Waals surface area contributed by atoms with Gasteiger partial charge in [-0.1, -0.05) is 0 Å². The van der Waals surface area contributed by atoms with Crippen LogP contribution in [-0.2, 0) is 24.4 Å². The SMILES string of the molecule is O=C1C2CC3CC1CC(C(=O)OC(CS(=O)(=O)O)(C(F)(F)F)C(F)(F)F)(C3)C2. The third kappa shape index (κ3) is 3.29. The second kappa shape index (κ2) is 6.07. The average Bonchev–Trinajstić information content (AvgIpc) is 2.47. The maximum Gasteiger partial charge on any atom is 0.438 e. The highest BCUT2D eigenvalue weighted by Gasteiger charge is 2.77. The number of esters is 1. The summed E-state index contributed by atoms with van der Waals surface area (Å²) in [6.07, 6.45) is -12.4. The maximum atomic E-state index is 13.4. The smallest absolute Gasteiger partial charge is 0.438 e. The third-order valence-electron chi connectivity index (χ3n) is 6.00. The number of ether oxygens (including phenoxy) is 1. The van der Waals surface area contributed by atoms with Crippen molar-refractivity contribution in [1.82, 2.24) is 0 Å². The molecular weight excluding hydrogens is 422 g/mol. The fourth-order valence-corrected chi connectivity index (χ4v) is 5.89. The molecule has 13 heteroatoms. The molecule has 1 N–H and O–H groups in total. The molecule has 4 rings (SSSR count). The first kappa shape index (κ1) is 21.3. The predicted octanol–water partition coefficient (Wildman–Crippen LogP) is 2.68. The minimum absolute atomic E-state index is 0.0240. The number of carbonyl (C=O) groups excluding carboxylic acids is 2. The Labute approximate surface area is 155 Å². The Kier molecular flexibility index (Phi) is 4.62. The van der Waals surface area contributed by atoms with E-state index in [1.807, 2.05) is 0 Å². The van der Waals surface area contributed by atoms with E-state index in [4.69, 9.17) is 4.55 Å². The molecule has 28 heavy (non-hydrogen) atoms. The summed E-state index contributed by atoms with van der Waals surface area (Å²) in [4.78, 5) is 24.7. The first-order valence-corrected chi connectivity index (χ1v) is 9.96. The lowest BCUT2D eigenvalue weighted by atomic mass is 9.49. The fraction of sp³-hybridized carbons (Fsp3) is 0.867. The van der Waals surface area contributed by atoms with E-state index in [2.05, 4.69) is 4.74 Å². The quantitative estimate of drug-likeness (QED) is 0.412. The third-order valence-corrected chi connectivity index (χ3v) is 6.77. The van der Waals surface area contributed by atoms with Crippen LogP contribution in [0.5, 0.6) is 0 Å². The molecule has 160 valence electrons. The van der Waals surface area contributed by atoms with Crippen LogP contribution in [0.2, 0.25) is 0 Å². The van der Waals surface area contributed by atoms with Gasteiger partial charge in [0.25, 0.3) is 10.1 Å². The van der Waals surface area contributed by atoms with Crippen molar-refractivity contribution >= 4 is 21.9 Å². The van der Waals surface area contributed by atoms with Crippen LogP contribution in [0.3, 0.4) is 0 Å². The first-order valence-electron chi connectivity index (χ1n) is 8.35. The van der Waals surface area contributed by atoms with Gasteiger partial charge in [-0.15, -0.1) is 0 Å². The minimum atomic E-state index is -6.35. The molecule has 0 saturated heterocycles. The van der Waals surface area contributed by atoms with Crippen LogP contribution >= 0.6 is 0 Å². The molecule has 0 spiro atoms. The number of ketones is 1. The van der Waals surface area contributed by atoms with Crippen LogP contribution in [0.25, 0.3) is 0 Å². The largest absolute Gasteiger partial charge is 0.438 e. The van der Waals surface area contributed by atoms with Crippen LogP contribution in [0, 0.1) is 23.2 Å². The minimum Gasteiger partial charge on any atom is -0.438 e. The van der Waals surface area contributed by atoms with E-state index in [9.17, 15) is 44.3 Å². The van der Waals surface area contributed by atoms with Crippen molar-refractivity contribution in [2.45, 2.75) is 50.1 Å². The van der Waals surface area contributed by atoms with Gasteiger partial charge in [0.1, 0.15) is 11.5 Å². The molecule has 2 unspecified atom stereocenters. The van der Waals surface area contributed by atoms with Gasteiger partial charge in [-0.25, -0.2) is 0 Å². The Balaban J connectivity index is 1.99. The van der Waals surface area contributed by atoms with Crippen LogP contribution in [-0.4, -0.2) is 48.4 Å². The lowest BCUT2D eigenvalue weighted by Crippen LogP contribution is -2.65. The number of rotatable bonds is 4. The van der Waals surface area contributed by atoms with Gasteiger partial charge in [0.05, 0.1) is 5.41 Å². The van der Waals surface area contributed by atoms with Crippen molar-refractivity contribution in [3.05, 3.63) is 0 Å². The molecule has 0 amide bonds. The van der Waals surface area contributed by atoms with Crippen molar-refractivity contribution in [1.29, 1.82) is 0 Å². The molecule has 0 aromatic carbocycles. The van der Waals surface area contributed by atoms with Gasteiger partial charge in [0, 0.05) is 11.8 Å². The Bertz CT molecular complexity index is 769. The standard InChI is InChI=1S/C15H16F6O6S/c16-14(17,18)13(15(19,20)21,6-28(24,25)26)27-11(23)12-3-7-1-8(4-12)10(22)9(2-7)5-12/h7-9H,1-6H2,(H,24,25,26). The molecule has 6 nitrogen and oxygen atoms in total.